The number of nitrogens with zero attached hydrogens (tertiary/aromatic N) is 2. The van der Waals surface area contributed by atoms with Gasteiger partial charge in [0.15, 0.2) is 0 Å². The molecule has 5 nitrogen and oxygen atoms in total. The summed E-state index contributed by atoms with van der Waals surface area (Å²) in [5, 5.41) is 4.15. The lowest BCUT2D eigenvalue weighted by Gasteiger charge is -2.09. The van der Waals surface area contributed by atoms with Crippen LogP contribution in [0.25, 0.3) is 0 Å². The van der Waals surface area contributed by atoms with Crippen LogP contribution in [0.2, 0.25) is 0 Å². The maximum Gasteiger partial charge on any atom is 0.338 e. The minimum absolute atomic E-state index is 0.203. The predicted octanol–water partition coefficient (Wildman–Crippen LogP) is 1.39. The number of carbonyl (C=O) groups excluding carboxylic acids is 1. The van der Waals surface area contributed by atoms with Crippen LogP contribution in [0.5, 0.6) is 0 Å². The lowest BCUT2D eigenvalue weighted by atomic mass is 10.1. The van der Waals surface area contributed by atoms with Crippen molar-refractivity contribution in [2.45, 2.75) is 13.5 Å². The van der Waals surface area contributed by atoms with Crippen molar-refractivity contribution in [2.75, 3.05) is 7.11 Å². The Morgan fingerprint density at radius 2 is 2.00 bits per heavy atom. The SMILES string of the molecule is COC(=O)c1ccccc1Cn1nc(C)ccc1=O. The van der Waals surface area contributed by atoms with Crippen molar-refractivity contribution in [2.24, 2.45) is 0 Å². The molecule has 0 unspecified atom stereocenters. The van der Waals surface area contributed by atoms with Gasteiger partial charge in [-0.3, -0.25) is 4.79 Å². The van der Waals surface area contributed by atoms with Crippen LogP contribution in [-0.2, 0) is 11.3 Å². The number of carbonyl (C=O) groups is 1. The van der Waals surface area contributed by atoms with E-state index in [-0.39, 0.29) is 12.1 Å². The highest BCUT2D eigenvalue weighted by molar-refractivity contribution is 5.90. The van der Waals surface area contributed by atoms with Crippen LogP contribution in [0.4, 0.5) is 0 Å². The van der Waals surface area contributed by atoms with Gasteiger partial charge in [-0.25, -0.2) is 9.48 Å². The Kier molecular flexibility index (Phi) is 3.75. The molecule has 0 amide bonds. The molecular weight excluding hydrogens is 244 g/mol. The van der Waals surface area contributed by atoms with Gasteiger partial charge in [0.2, 0.25) is 0 Å². The Hall–Kier alpha value is -2.43. The summed E-state index contributed by atoms with van der Waals surface area (Å²) in [6, 6.07) is 10.1. The summed E-state index contributed by atoms with van der Waals surface area (Å²) in [6.07, 6.45) is 0. The molecule has 19 heavy (non-hydrogen) atoms. The van der Waals surface area contributed by atoms with E-state index < -0.39 is 5.97 Å². The molecule has 0 fully saturated rings. The average Bonchev–Trinajstić information content (AvgIpc) is 2.42. The molecule has 1 aromatic heterocycles. The highest BCUT2D eigenvalue weighted by Crippen LogP contribution is 2.10. The summed E-state index contributed by atoms with van der Waals surface area (Å²) in [4.78, 5) is 23.4. The number of hydrogen-bond donors (Lipinski definition) is 0. The van der Waals surface area contributed by atoms with E-state index in [9.17, 15) is 9.59 Å². The lowest BCUT2D eigenvalue weighted by molar-refractivity contribution is 0.0599. The van der Waals surface area contributed by atoms with Crippen LogP contribution in [0, 0.1) is 6.92 Å². The summed E-state index contributed by atoms with van der Waals surface area (Å²) in [6.45, 7) is 2.05. The molecule has 0 aliphatic heterocycles. The van der Waals surface area contributed by atoms with Crippen molar-refractivity contribution < 1.29 is 9.53 Å². The number of rotatable bonds is 3. The smallest absolute Gasteiger partial charge is 0.338 e. The fourth-order valence-corrected chi connectivity index (χ4v) is 1.79. The minimum Gasteiger partial charge on any atom is -0.465 e. The quantitative estimate of drug-likeness (QED) is 0.780. The zero-order valence-corrected chi connectivity index (χ0v) is 10.8. The average molecular weight is 258 g/mol. The topological polar surface area (TPSA) is 61.2 Å². The Labute approximate surface area is 110 Å². The van der Waals surface area contributed by atoms with E-state index in [1.165, 1.54) is 17.9 Å². The van der Waals surface area contributed by atoms with Gasteiger partial charge in [0, 0.05) is 6.07 Å². The lowest BCUT2D eigenvalue weighted by Crippen LogP contribution is -2.24. The summed E-state index contributed by atoms with van der Waals surface area (Å²) in [7, 11) is 1.33. The van der Waals surface area contributed by atoms with Gasteiger partial charge in [-0.15, -0.1) is 0 Å². The van der Waals surface area contributed by atoms with Crippen molar-refractivity contribution in [1.82, 2.24) is 9.78 Å². The van der Waals surface area contributed by atoms with Gasteiger partial charge in [-0.05, 0) is 24.6 Å². The number of ether oxygens (including phenoxy) is 1. The van der Waals surface area contributed by atoms with Crippen LogP contribution >= 0.6 is 0 Å². The second-order valence-electron chi connectivity index (χ2n) is 4.12. The van der Waals surface area contributed by atoms with Crippen molar-refractivity contribution in [3.8, 4) is 0 Å². The Morgan fingerprint density at radius 3 is 2.74 bits per heavy atom. The molecule has 0 aliphatic carbocycles. The Bertz CT molecular complexity index is 662. The third-order valence-electron chi connectivity index (χ3n) is 2.74. The maximum absolute atomic E-state index is 11.7. The van der Waals surface area contributed by atoms with Crippen LogP contribution in [-0.4, -0.2) is 22.9 Å². The summed E-state index contributed by atoms with van der Waals surface area (Å²) < 4.78 is 6.05. The molecule has 0 spiro atoms. The van der Waals surface area contributed by atoms with Crippen molar-refractivity contribution in [3.63, 3.8) is 0 Å². The van der Waals surface area contributed by atoms with E-state index in [0.29, 0.717) is 11.1 Å². The molecule has 2 rings (SSSR count). The van der Waals surface area contributed by atoms with Crippen LogP contribution < -0.4 is 5.56 Å². The van der Waals surface area contributed by atoms with E-state index in [1.807, 2.05) is 13.0 Å². The first kappa shape index (κ1) is 13.0. The number of aryl methyl sites for hydroxylation is 1. The molecule has 0 atom stereocenters. The van der Waals surface area contributed by atoms with E-state index in [0.717, 1.165) is 5.69 Å². The van der Waals surface area contributed by atoms with Gasteiger partial charge in [0.05, 0.1) is 24.9 Å². The fourth-order valence-electron chi connectivity index (χ4n) is 1.79. The molecule has 0 N–H and O–H groups in total. The monoisotopic (exact) mass is 258 g/mol. The van der Waals surface area contributed by atoms with Gasteiger partial charge >= 0.3 is 5.97 Å². The highest BCUT2D eigenvalue weighted by Gasteiger charge is 2.12. The first-order chi connectivity index (χ1) is 9.11. The molecule has 1 heterocycles. The molecule has 0 saturated heterocycles. The van der Waals surface area contributed by atoms with E-state index in [1.54, 1.807) is 24.3 Å². The fraction of sp³-hybridized carbons (Fsp3) is 0.214. The molecule has 0 bridgehead atoms. The second-order valence-corrected chi connectivity index (χ2v) is 4.12. The van der Waals surface area contributed by atoms with Crippen LogP contribution in [0.1, 0.15) is 21.6 Å². The van der Waals surface area contributed by atoms with Gasteiger partial charge in [0.25, 0.3) is 5.56 Å². The predicted molar refractivity (Wildman–Crippen MR) is 70.1 cm³/mol. The summed E-state index contributed by atoms with van der Waals surface area (Å²) >= 11 is 0. The molecule has 0 radical (unpaired) electrons. The number of aromatic nitrogens is 2. The van der Waals surface area contributed by atoms with E-state index >= 15 is 0 Å². The minimum atomic E-state index is -0.420. The molecule has 2 aromatic rings. The van der Waals surface area contributed by atoms with Crippen LogP contribution in [0.15, 0.2) is 41.2 Å². The van der Waals surface area contributed by atoms with Crippen molar-refractivity contribution >= 4 is 5.97 Å². The van der Waals surface area contributed by atoms with Crippen molar-refractivity contribution in [1.29, 1.82) is 0 Å². The standard InChI is InChI=1S/C14H14N2O3/c1-10-7-8-13(17)16(15-10)9-11-5-3-4-6-12(11)14(18)19-2/h3-8H,9H2,1-2H3. The molecular formula is C14H14N2O3. The van der Waals surface area contributed by atoms with Gasteiger partial charge in [0.1, 0.15) is 0 Å². The third-order valence-corrected chi connectivity index (χ3v) is 2.74. The first-order valence-electron chi connectivity index (χ1n) is 5.83. The third kappa shape index (κ3) is 2.88. The molecule has 0 aliphatic rings. The van der Waals surface area contributed by atoms with E-state index in [2.05, 4.69) is 5.10 Å². The van der Waals surface area contributed by atoms with Gasteiger partial charge < -0.3 is 4.74 Å². The number of methoxy groups -OCH3 is 1. The molecule has 1 aromatic carbocycles. The van der Waals surface area contributed by atoms with E-state index in [4.69, 9.17) is 4.74 Å². The summed E-state index contributed by atoms with van der Waals surface area (Å²) in [5.41, 5.74) is 1.69. The number of esters is 1. The zero-order chi connectivity index (χ0) is 13.8. The van der Waals surface area contributed by atoms with Crippen LogP contribution in [0.3, 0.4) is 0 Å². The van der Waals surface area contributed by atoms with Gasteiger partial charge in [-0.1, -0.05) is 18.2 Å². The number of hydrogen-bond acceptors (Lipinski definition) is 4. The summed E-state index contributed by atoms with van der Waals surface area (Å²) in [5.74, 6) is -0.420. The molecule has 5 heteroatoms. The molecule has 0 saturated carbocycles. The largest absolute Gasteiger partial charge is 0.465 e. The van der Waals surface area contributed by atoms with Gasteiger partial charge in [-0.2, -0.15) is 5.10 Å². The molecule has 98 valence electrons. The normalized spacial score (nSPS) is 10.2. The first-order valence-corrected chi connectivity index (χ1v) is 5.83. The van der Waals surface area contributed by atoms with Crippen molar-refractivity contribution in [3.05, 3.63) is 63.6 Å². The second kappa shape index (κ2) is 5.48. The highest BCUT2D eigenvalue weighted by atomic mass is 16.5. The Balaban J connectivity index is 2.41. The maximum atomic E-state index is 11.7. The number of benzene rings is 1. The Morgan fingerprint density at radius 1 is 1.26 bits per heavy atom. The zero-order valence-electron chi connectivity index (χ0n) is 10.8.